The number of nitrogens with two attached hydrogens (primary N) is 1. The lowest BCUT2D eigenvalue weighted by Crippen LogP contribution is -2.09. The number of fused-ring (bicyclic) bond motifs is 1. The molecule has 4 rings (SSSR count). The fraction of sp³-hybridized carbons (Fsp3) is 0.238. The first-order valence-corrected chi connectivity index (χ1v) is 9.10. The molecule has 0 spiro atoms. The largest absolute Gasteiger partial charge is 0.493 e. The van der Waals surface area contributed by atoms with Gasteiger partial charge in [-0.1, -0.05) is 0 Å². The van der Waals surface area contributed by atoms with Crippen LogP contribution in [-0.2, 0) is 6.54 Å². The lowest BCUT2D eigenvalue weighted by atomic mass is 10.1. The third-order valence-electron chi connectivity index (χ3n) is 4.66. The number of rotatable bonds is 7. The minimum atomic E-state index is 0.527. The Morgan fingerprint density at radius 2 is 1.79 bits per heavy atom. The van der Waals surface area contributed by atoms with Gasteiger partial charge in [-0.25, -0.2) is 0 Å². The Kier molecular flexibility index (Phi) is 5.09. The molecule has 0 bridgehead atoms. The van der Waals surface area contributed by atoms with Gasteiger partial charge in [-0.2, -0.15) is 5.10 Å². The zero-order valence-electron chi connectivity index (χ0n) is 16.5. The summed E-state index contributed by atoms with van der Waals surface area (Å²) in [7, 11) is 4.74. The molecule has 0 unspecified atom stereocenters. The molecular weight excluding hydrogens is 372 g/mol. The van der Waals surface area contributed by atoms with Gasteiger partial charge in [0.25, 0.3) is 0 Å². The van der Waals surface area contributed by atoms with Gasteiger partial charge in [0.2, 0.25) is 5.75 Å². The van der Waals surface area contributed by atoms with E-state index in [1.54, 1.807) is 33.7 Å². The Hall–Kier alpha value is -3.52. The second kappa shape index (κ2) is 7.84. The first-order chi connectivity index (χ1) is 14.2. The van der Waals surface area contributed by atoms with Crippen molar-refractivity contribution >= 4 is 11.1 Å². The Morgan fingerprint density at radius 1 is 1.03 bits per heavy atom. The Bertz CT molecular complexity index is 1120. The summed E-state index contributed by atoms with van der Waals surface area (Å²) in [6.45, 7) is 1.18. The van der Waals surface area contributed by atoms with Crippen molar-refractivity contribution in [3.8, 4) is 39.7 Å². The number of aromatic nitrogens is 3. The number of furan rings is 1. The summed E-state index contributed by atoms with van der Waals surface area (Å²) in [5, 5.41) is 4.35. The van der Waals surface area contributed by atoms with Gasteiger partial charge >= 0.3 is 0 Å². The number of methoxy groups -OCH3 is 3. The van der Waals surface area contributed by atoms with E-state index in [-0.39, 0.29) is 0 Å². The molecule has 0 amide bonds. The predicted octanol–water partition coefficient (Wildman–Crippen LogP) is 3.34. The van der Waals surface area contributed by atoms with Gasteiger partial charge in [0.1, 0.15) is 11.3 Å². The third-order valence-corrected chi connectivity index (χ3v) is 4.66. The van der Waals surface area contributed by atoms with E-state index in [1.165, 1.54) is 0 Å². The van der Waals surface area contributed by atoms with Crippen LogP contribution in [0, 0.1) is 0 Å². The Balaban J connectivity index is 1.82. The standard InChI is InChI=1S/C21H22N4O4/c1-26-18-8-13(9-19(27-2)21(18)28-3)17-10-16-20(29-17)15(4-6-23-16)14-11-24-25(12-14)7-5-22/h4,6,8-12H,5,7,22H2,1-3H3. The zero-order valence-corrected chi connectivity index (χ0v) is 16.5. The van der Waals surface area contributed by atoms with E-state index in [1.807, 2.05) is 35.1 Å². The van der Waals surface area contributed by atoms with Crippen molar-refractivity contribution in [1.82, 2.24) is 14.8 Å². The number of ether oxygens (including phenoxy) is 3. The fourth-order valence-corrected chi connectivity index (χ4v) is 3.29. The second-order valence-electron chi connectivity index (χ2n) is 6.38. The maximum atomic E-state index is 6.21. The third kappa shape index (κ3) is 3.38. The summed E-state index contributed by atoms with van der Waals surface area (Å²) >= 11 is 0. The lowest BCUT2D eigenvalue weighted by Gasteiger charge is -2.13. The molecule has 0 aliphatic carbocycles. The van der Waals surface area contributed by atoms with Gasteiger partial charge in [-0.15, -0.1) is 0 Å². The minimum absolute atomic E-state index is 0.527. The van der Waals surface area contributed by atoms with Gasteiger partial charge in [0.15, 0.2) is 17.1 Å². The van der Waals surface area contributed by atoms with Gasteiger partial charge in [0, 0.05) is 41.7 Å². The molecule has 4 aromatic rings. The smallest absolute Gasteiger partial charge is 0.203 e. The number of hydrogen-bond donors (Lipinski definition) is 1. The van der Waals surface area contributed by atoms with Crippen LogP contribution in [0.4, 0.5) is 0 Å². The van der Waals surface area contributed by atoms with E-state index in [0.29, 0.717) is 41.7 Å². The van der Waals surface area contributed by atoms with Gasteiger partial charge in [-0.3, -0.25) is 9.67 Å². The summed E-state index contributed by atoms with van der Waals surface area (Å²) in [6.07, 6.45) is 5.50. The van der Waals surface area contributed by atoms with E-state index in [0.717, 1.165) is 22.2 Å². The Labute approximate surface area is 167 Å². The summed E-state index contributed by atoms with van der Waals surface area (Å²) in [6, 6.07) is 7.49. The van der Waals surface area contributed by atoms with Crippen LogP contribution in [-0.4, -0.2) is 42.6 Å². The predicted molar refractivity (Wildman–Crippen MR) is 109 cm³/mol. The summed E-state index contributed by atoms with van der Waals surface area (Å²) in [5.74, 6) is 2.28. The van der Waals surface area contributed by atoms with Crippen LogP contribution in [0.15, 0.2) is 47.3 Å². The average Bonchev–Trinajstić information content (AvgIpc) is 3.39. The molecule has 0 atom stereocenters. The van der Waals surface area contributed by atoms with Crippen molar-refractivity contribution < 1.29 is 18.6 Å². The van der Waals surface area contributed by atoms with Crippen LogP contribution in [0.1, 0.15) is 0 Å². The van der Waals surface area contributed by atoms with E-state index in [2.05, 4.69) is 10.1 Å². The highest BCUT2D eigenvalue weighted by atomic mass is 16.5. The van der Waals surface area contributed by atoms with Crippen molar-refractivity contribution in [2.45, 2.75) is 6.54 Å². The van der Waals surface area contributed by atoms with Gasteiger partial charge in [-0.05, 0) is 18.2 Å². The normalized spacial score (nSPS) is 11.0. The first kappa shape index (κ1) is 18.8. The molecule has 0 saturated heterocycles. The number of hydrogen-bond acceptors (Lipinski definition) is 7. The summed E-state index contributed by atoms with van der Waals surface area (Å²) in [5.41, 5.74) is 9.70. The molecule has 0 fully saturated rings. The highest BCUT2D eigenvalue weighted by Gasteiger charge is 2.18. The maximum Gasteiger partial charge on any atom is 0.203 e. The number of pyridine rings is 1. The minimum Gasteiger partial charge on any atom is -0.493 e. The van der Waals surface area contributed by atoms with Crippen LogP contribution in [0.25, 0.3) is 33.6 Å². The molecule has 8 nitrogen and oxygen atoms in total. The van der Waals surface area contributed by atoms with Crippen LogP contribution >= 0.6 is 0 Å². The topological polar surface area (TPSA) is 97.6 Å². The second-order valence-corrected chi connectivity index (χ2v) is 6.38. The quantitative estimate of drug-likeness (QED) is 0.513. The zero-order chi connectivity index (χ0) is 20.4. The first-order valence-electron chi connectivity index (χ1n) is 9.10. The average molecular weight is 394 g/mol. The monoisotopic (exact) mass is 394 g/mol. The SMILES string of the molecule is COc1cc(-c2cc3nccc(-c4cnn(CCN)c4)c3o2)cc(OC)c1OC. The molecule has 150 valence electrons. The molecule has 3 heterocycles. The molecule has 0 radical (unpaired) electrons. The van der Waals surface area contributed by atoms with Crippen molar-refractivity contribution in [1.29, 1.82) is 0 Å². The van der Waals surface area contributed by atoms with Crippen molar-refractivity contribution in [2.24, 2.45) is 5.73 Å². The molecule has 2 N–H and O–H groups in total. The van der Waals surface area contributed by atoms with Crippen LogP contribution in [0.3, 0.4) is 0 Å². The summed E-state index contributed by atoms with van der Waals surface area (Å²) in [4.78, 5) is 4.45. The molecule has 8 heteroatoms. The molecule has 29 heavy (non-hydrogen) atoms. The molecule has 1 aromatic carbocycles. The van der Waals surface area contributed by atoms with Crippen molar-refractivity contribution in [3.05, 3.63) is 42.9 Å². The Morgan fingerprint density at radius 3 is 2.45 bits per heavy atom. The van der Waals surface area contributed by atoms with E-state index < -0.39 is 0 Å². The lowest BCUT2D eigenvalue weighted by molar-refractivity contribution is 0.324. The van der Waals surface area contributed by atoms with Crippen molar-refractivity contribution in [2.75, 3.05) is 27.9 Å². The van der Waals surface area contributed by atoms with E-state index >= 15 is 0 Å². The van der Waals surface area contributed by atoms with Crippen LogP contribution in [0.5, 0.6) is 17.2 Å². The number of benzene rings is 1. The maximum absolute atomic E-state index is 6.21. The molecule has 3 aromatic heterocycles. The summed E-state index contributed by atoms with van der Waals surface area (Å²) < 4.78 is 24.3. The van der Waals surface area contributed by atoms with Gasteiger partial charge < -0.3 is 24.4 Å². The fourth-order valence-electron chi connectivity index (χ4n) is 3.29. The molecule has 0 aliphatic heterocycles. The van der Waals surface area contributed by atoms with E-state index in [9.17, 15) is 0 Å². The highest BCUT2D eigenvalue weighted by Crippen LogP contribution is 2.42. The van der Waals surface area contributed by atoms with Crippen LogP contribution < -0.4 is 19.9 Å². The molecule has 0 aliphatic rings. The van der Waals surface area contributed by atoms with E-state index in [4.69, 9.17) is 24.4 Å². The van der Waals surface area contributed by atoms with Crippen LogP contribution in [0.2, 0.25) is 0 Å². The molecular formula is C21H22N4O4. The number of nitrogens with zero attached hydrogens (tertiary/aromatic N) is 3. The van der Waals surface area contributed by atoms with Gasteiger partial charge in [0.05, 0.1) is 34.1 Å². The molecule has 0 saturated carbocycles. The highest BCUT2D eigenvalue weighted by molar-refractivity contribution is 5.92. The van der Waals surface area contributed by atoms with Crippen molar-refractivity contribution in [3.63, 3.8) is 0 Å².